The van der Waals surface area contributed by atoms with Crippen LogP contribution in [0.15, 0.2) is 83.8 Å². The molecule has 0 bridgehead atoms. The highest BCUT2D eigenvalue weighted by molar-refractivity contribution is 7.89. The summed E-state index contributed by atoms with van der Waals surface area (Å²) in [7, 11) is -4.22. The second-order valence-corrected chi connectivity index (χ2v) is 12.7. The largest absolute Gasteiger partial charge is 0.481 e. The second-order valence-electron chi connectivity index (χ2n) is 11.0. The highest BCUT2D eigenvalue weighted by Gasteiger charge is 2.34. The minimum Gasteiger partial charge on any atom is -0.481 e. The summed E-state index contributed by atoms with van der Waals surface area (Å²) in [6, 6.07) is 20.0. The van der Waals surface area contributed by atoms with E-state index >= 15 is 0 Å². The summed E-state index contributed by atoms with van der Waals surface area (Å²) in [6.45, 7) is 3.76. The highest BCUT2D eigenvalue weighted by Crippen LogP contribution is 2.44. The molecule has 2 atom stereocenters. The van der Waals surface area contributed by atoms with Crippen LogP contribution in [0, 0.1) is 11.6 Å². The first-order valence-corrected chi connectivity index (χ1v) is 15.8. The Morgan fingerprint density at radius 3 is 1.98 bits per heavy atom. The molecule has 0 unspecified atom stereocenters. The highest BCUT2D eigenvalue weighted by atomic mass is 32.2. The van der Waals surface area contributed by atoms with Crippen molar-refractivity contribution in [2.75, 3.05) is 0 Å². The summed E-state index contributed by atoms with van der Waals surface area (Å²) < 4.78 is 61.0. The Balaban J connectivity index is 1.92. The SMILES string of the molecule is CC(C)c1c(S(=O)(=O)NCc2ccccc2)c(-c2ccc(F)cc2)c(-c2ccc(F)cc2)n1CC[C@@H](O)C[C@@H](O)CC(=O)O. The minimum atomic E-state index is -4.22. The molecule has 4 rings (SSSR count). The van der Waals surface area contributed by atoms with E-state index in [-0.39, 0.29) is 36.7 Å². The maximum absolute atomic E-state index is 14.2. The number of benzene rings is 3. The van der Waals surface area contributed by atoms with Crippen molar-refractivity contribution in [1.29, 1.82) is 0 Å². The lowest BCUT2D eigenvalue weighted by Crippen LogP contribution is -2.25. The first-order chi connectivity index (χ1) is 20.9. The van der Waals surface area contributed by atoms with Crippen molar-refractivity contribution < 1.29 is 37.3 Å². The van der Waals surface area contributed by atoms with Crippen molar-refractivity contribution >= 4 is 16.0 Å². The van der Waals surface area contributed by atoms with Crippen molar-refractivity contribution in [1.82, 2.24) is 9.29 Å². The van der Waals surface area contributed by atoms with Gasteiger partial charge in [-0.15, -0.1) is 0 Å². The fourth-order valence-electron chi connectivity index (χ4n) is 5.33. The van der Waals surface area contributed by atoms with Gasteiger partial charge in [0.1, 0.15) is 16.5 Å². The number of rotatable bonds is 14. The summed E-state index contributed by atoms with van der Waals surface area (Å²) in [4.78, 5) is 11.0. The van der Waals surface area contributed by atoms with E-state index in [1.165, 1.54) is 48.5 Å². The standard InChI is InChI=1S/C33H36F2N2O6S/c1-21(2)31-33(44(42,43)36-20-22-6-4-3-5-7-22)30(23-8-12-25(34)13-9-23)32(24-10-14-26(35)15-11-24)37(31)17-16-27(38)18-28(39)19-29(40)41/h3-15,21,27-28,36,38-39H,16-20H2,1-2H3,(H,40,41)/t27-,28-/m1/s1. The van der Waals surface area contributed by atoms with Gasteiger partial charge in [-0.3, -0.25) is 4.79 Å². The van der Waals surface area contributed by atoms with Gasteiger partial charge in [-0.1, -0.05) is 56.3 Å². The molecule has 44 heavy (non-hydrogen) atoms. The predicted molar refractivity (Wildman–Crippen MR) is 163 cm³/mol. The van der Waals surface area contributed by atoms with Crippen LogP contribution in [0.3, 0.4) is 0 Å². The van der Waals surface area contributed by atoms with Gasteiger partial charge in [0.2, 0.25) is 10.0 Å². The smallest absolute Gasteiger partial charge is 0.305 e. The number of nitrogens with zero attached hydrogens (tertiary/aromatic N) is 1. The molecule has 0 spiro atoms. The molecule has 8 nitrogen and oxygen atoms in total. The Bertz CT molecular complexity index is 1670. The van der Waals surface area contributed by atoms with Crippen LogP contribution < -0.4 is 4.72 Å². The third-order valence-corrected chi connectivity index (χ3v) is 8.75. The lowest BCUT2D eigenvalue weighted by Gasteiger charge is -2.20. The maximum atomic E-state index is 14.2. The molecule has 11 heteroatoms. The van der Waals surface area contributed by atoms with E-state index in [2.05, 4.69) is 4.72 Å². The Morgan fingerprint density at radius 1 is 0.864 bits per heavy atom. The lowest BCUT2D eigenvalue weighted by atomic mass is 10.00. The molecule has 4 aromatic rings. The van der Waals surface area contributed by atoms with Crippen LogP contribution in [0.5, 0.6) is 0 Å². The van der Waals surface area contributed by atoms with Crippen molar-refractivity contribution in [3.05, 3.63) is 102 Å². The van der Waals surface area contributed by atoms with E-state index in [9.17, 15) is 32.2 Å². The van der Waals surface area contributed by atoms with Gasteiger partial charge in [0.15, 0.2) is 0 Å². The zero-order valence-corrected chi connectivity index (χ0v) is 25.3. The first kappa shape index (κ1) is 33.0. The van der Waals surface area contributed by atoms with Gasteiger partial charge in [-0.2, -0.15) is 0 Å². The molecule has 0 aliphatic carbocycles. The summed E-state index contributed by atoms with van der Waals surface area (Å²) >= 11 is 0. The summed E-state index contributed by atoms with van der Waals surface area (Å²) in [5.41, 5.74) is 2.80. The molecule has 0 aliphatic heterocycles. The third kappa shape index (κ3) is 7.97. The number of aliphatic hydroxyl groups is 2. The van der Waals surface area contributed by atoms with E-state index in [0.29, 0.717) is 28.1 Å². The molecule has 1 aromatic heterocycles. The zero-order chi connectivity index (χ0) is 32.0. The monoisotopic (exact) mass is 626 g/mol. The molecule has 0 radical (unpaired) electrons. The number of aromatic nitrogens is 1. The fraction of sp³-hybridized carbons (Fsp3) is 0.303. The number of hydrogen-bond donors (Lipinski definition) is 4. The summed E-state index contributed by atoms with van der Waals surface area (Å²) in [5, 5.41) is 29.8. The van der Waals surface area contributed by atoms with Gasteiger partial charge >= 0.3 is 5.97 Å². The number of aliphatic hydroxyl groups excluding tert-OH is 2. The average molecular weight is 627 g/mol. The Morgan fingerprint density at radius 2 is 1.43 bits per heavy atom. The number of aliphatic carboxylic acids is 1. The number of sulfonamides is 1. The van der Waals surface area contributed by atoms with Crippen LogP contribution in [-0.4, -0.2) is 46.5 Å². The number of hydrogen-bond acceptors (Lipinski definition) is 5. The molecular formula is C33H36F2N2O6S. The second kappa shape index (κ2) is 14.3. The molecule has 3 aromatic carbocycles. The van der Waals surface area contributed by atoms with E-state index in [1.807, 2.05) is 19.9 Å². The third-order valence-electron chi connectivity index (χ3n) is 7.27. The van der Waals surface area contributed by atoms with Crippen LogP contribution in [0.1, 0.15) is 50.3 Å². The Labute approximate surface area is 255 Å². The number of carboxylic acids is 1. The Hall–Kier alpha value is -3.90. The van der Waals surface area contributed by atoms with Gasteiger partial charge in [0.25, 0.3) is 0 Å². The van der Waals surface area contributed by atoms with E-state index in [0.717, 1.165) is 5.56 Å². The summed E-state index contributed by atoms with van der Waals surface area (Å²) in [6.07, 6.45) is -3.02. The fourth-order valence-corrected chi connectivity index (χ4v) is 6.93. The topological polar surface area (TPSA) is 129 Å². The number of halogens is 2. The number of nitrogens with one attached hydrogen (secondary N) is 1. The molecule has 0 aliphatic rings. The van der Waals surface area contributed by atoms with Crippen molar-refractivity contribution in [2.45, 2.75) is 69.2 Å². The van der Waals surface area contributed by atoms with E-state index < -0.39 is 46.3 Å². The van der Waals surface area contributed by atoms with Gasteiger partial charge in [0, 0.05) is 24.3 Å². The van der Waals surface area contributed by atoms with Crippen LogP contribution in [0.25, 0.3) is 22.4 Å². The maximum Gasteiger partial charge on any atom is 0.305 e. The molecule has 4 N–H and O–H groups in total. The normalized spacial score (nSPS) is 13.2. The van der Waals surface area contributed by atoms with Crippen LogP contribution in [-0.2, 0) is 27.9 Å². The van der Waals surface area contributed by atoms with Gasteiger partial charge < -0.3 is 19.9 Å². The van der Waals surface area contributed by atoms with E-state index in [1.54, 1.807) is 28.8 Å². The van der Waals surface area contributed by atoms with Crippen molar-refractivity contribution in [2.24, 2.45) is 0 Å². The minimum absolute atomic E-state index is 0.0147. The van der Waals surface area contributed by atoms with Gasteiger partial charge in [-0.25, -0.2) is 21.9 Å². The molecule has 0 saturated carbocycles. The predicted octanol–water partition coefficient (Wildman–Crippen LogP) is 5.68. The van der Waals surface area contributed by atoms with Crippen LogP contribution in [0.2, 0.25) is 0 Å². The first-order valence-electron chi connectivity index (χ1n) is 14.3. The van der Waals surface area contributed by atoms with Crippen LogP contribution in [0.4, 0.5) is 8.78 Å². The molecule has 1 heterocycles. The quantitative estimate of drug-likeness (QED) is 0.143. The van der Waals surface area contributed by atoms with Crippen molar-refractivity contribution in [3.8, 4) is 22.4 Å². The average Bonchev–Trinajstić information content (AvgIpc) is 3.32. The molecule has 0 saturated heterocycles. The number of carbonyl (C=O) groups is 1. The van der Waals surface area contributed by atoms with E-state index in [4.69, 9.17) is 5.11 Å². The summed E-state index contributed by atoms with van der Waals surface area (Å²) in [5.74, 6) is -2.55. The van der Waals surface area contributed by atoms with Crippen molar-refractivity contribution in [3.63, 3.8) is 0 Å². The Kier molecular flexibility index (Phi) is 10.7. The van der Waals surface area contributed by atoms with Crippen LogP contribution >= 0.6 is 0 Å². The van der Waals surface area contributed by atoms with Gasteiger partial charge in [-0.05, 0) is 71.8 Å². The molecule has 234 valence electrons. The molecular weight excluding hydrogens is 590 g/mol. The molecule has 0 fully saturated rings. The lowest BCUT2D eigenvalue weighted by molar-refractivity contribution is -0.139. The number of carboxylic acid groups (broad SMARTS) is 1. The molecule has 0 amide bonds. The van der Waals surface area contributed by atoms with Gasteiger partial charge in [0.05, 0.1) is 24.3 Å². The zero-order valence-electron chi connectivity index (χ0n) is 24.5.